The summed E-state index contributed by atoms with van der Waals surface area (Å²) in [4.78, 5) is 47.1. The molecule has 0 aliphatic heterocycles. The van der Waals surface area contributed by atoms with Crippen molar-refractivity contribution in [3.8, 4) is 0 Å². The Labute approximate surface area is 159 Å². The molecule has 0 aliphatic carbocycles. The molecule has 0 aromatic heterocycles. The van der Waals surface area contributed by atoms with E-state index in [-0.39, 0.29) is 16.9 Å². The van der Waals surface area contributed by atoms with Crippen LogP contribution in [-0.2, 0) is 14.3 Å². The molecular weight excluding hydrogens is 370 g/mol. The SMILES string of the molecule is COC(=O)N(C)c1ccccc1C(=O)OCC(=O)Nc1ccc([N+](=O)[O-])cc1. The molecule has 1 N–H and O–H groups in total. The summed E-state index contributed by atoms with van der Waals surface area (Å²) < 4.78 is 9.61. The average Bonchev–Trinajstić information content (AvgIpc) is 2.71. The van der Waals surface area contributed by atoms with Gasteiger partial charge in [-0.05, 0) is 24.3 Å². The summed E-state index contributed by atoms with van der Waals surface area (Å²) in [5.74, 6) is -1.42. The van der Waals surface area contributed by atoms with Crippen molar-refractivity contribution in [1.82, 2.24) is 0 Å². The molecule has 0 heterocycles. The van der Waals surface area contributed by atoms with E-state index >= 15 is 0 Å². The van der Waals surface area contributed by atoms with E-state index in [1.165, 1.54) is 50.6 Å². The largest absolute Gasteiger partial charge is 0.452 e. The number of nitro groups is 1. The van der Waals surface area contributed by atoms with E-state index in [4.69, 9.17) is 4.74 Å². The first-order valence-electron chi connectivity index (χ1n) is 7.95. The molecule has 0 bridgehead atoms. The van der Waals surface area contributed by atoms with Gasteiger partial charge in [-0.2, -0.15) is 0 Å². The van der Waals surface area contributed by atoms with Gasteiger partial charge in [0.15, 0.2) is 6.61 Å². The number of benzene rings is 2. The molecule has 146 valence electrons. The summed E-state index contributed by atoms with van der Waals surface area (Å²) in [5.41, 5.74) is 0.543. The van der Waals surface area contributed by atoms with Gasteiger partial charge in [-0.1, -0.05) is 12.1 Å². The molecule has 28 heavy (non-hydrogen) atoms. The van der Waals surface area contributed by atoms with Crippen LogP contribution >= 0.6 is 0 Å². The number of amides is 2. The van der Waals surface area contributed by atoms with Crippen molar-refractivity contribution in [3.63, 3.8) is 0 Å². The average molecular weight is 387 g/mol. The van der Waals surface area contributed by atoms with Gasteiger partial charge in [0.2, 0.25) is 0 Å². The van der Waals surface area contributed by atoms with E-state index in [0.717, 1.165) is 4.90 Å². The number of carbonyl (C=O) groups is 3. The number of hydrogen-bond acceptors (Lipinski definition) is 7. The number of carbonyl (C=O) groups excluding carboxylic acids is 3. The number of rotatable bonds is 6. The van der Waals surface area contributed by atoms with Crippen molar-refractivity contribution < 1.29 is 28.8 Å². The number of nitrogens with zero attached hydrogens (tertiary/aromatic N) is 2. The van der Waals surface area contributed by atoms with Gasteiger partial charge in [0.25, 0.3) is 11.6 Å². The Bertz CT molecular complexity index is 896. The van der Waals surface area contributed by atoms with E-state index < -0.39 is 29.5 Å². The first kappa shape index (κ1) is 20.4. The minimum atomic E-state index is -0.801. The van der Waals surface area contributed by atoms with E-state index in [0.29, 0.717) is 5.69 Å². The van der Waals surface area contributed by atoms with Crippen LogP contribution in [0.2, 0.25) is 0 Å². The number of para-hydroxylation sites is 1. The molecule has 10 heteroatoms. The number of ether oxygens (including phenoxy) is 2. The molecule has 0 saturated carbocycles. The fourth-order valence-corrected chi connectivity index (χ4v) is 2.25. The van der Waals surface area contributed by atoms with Gasteiger partial charge in [0.1, 0.15) is 0 Å². The summed E-state index contributed by atoms with van der Waals surface area (Å²) in [7, 11) is 2.64. The van der Waals surface area contributed by atoms with Crippen LogP contribution in [0.4, 0.5) is 21.9 Å². The molecular formula is C18H17N3O7. The first-order valence-corrected chi connectivity index (χ1v) is 7.95. The van der Waals surface area contributed by atoms with Gasteiger partial charge in [-0.3, -0.25) is 19.8 Å². The molecule has 0 spiro atoms. The van der Waals surface area contributed by atoms with Crippen molar-refractivity contribution in [2.45, 2.75) is 0 Å². The topological polar surface area (TPSA) is 128 Å². The first-order chi connectivity index (χ1) is 13.3. The summed E-state index contributed by atoms with van der Waals surface area (Å²) in [5, 5.41) is 13.1. The van der Waals surface area contributed by atoms with Crippen LogP contribution < -0.4 is 10.2 Å². The molecule has 2 amide bonds. The highest BCUT2D eigenvalue weighted by atomic mass is 16.6. The molecule has 10 nitrogen and oxygen atoms in total. The lowest BCUT2D eigenvalue weighted by molar-refractivity contribution is -0.384. The predicted octanol–water partition coefficient (Wildman–Crippen LogP) is 2.59. The molecule has 2 rings (SSSR count). The van der Waals surface area contributed by atoms with E-state index in [1.54, 1.807) is 12.1 Å². The maximum atomic E-state index is 12.3. The molecule has 0 saturated heterocycles. The summed E-state index contributed by atoms with van der Waals surface area (Å²) in [6, 6.07) is 11.4. The minimum absolute atomic E-state index is 0.0820. The number of methoxy groups -OCH3 is 1. The standard InChI is InChI=1S/C18H17N3O7/c1-20(18(24)27-2)15-6-4-3-5-14(15)17(23)28-11-16(22)19-12-7-9-13(10-8-12)21(25)26/h3-10H,11H2,1-2H3,(H,19,22). The molecule has 0 radical (unpaired) electrons. The van der Waals surface area contributed by atoms with E-state index in [2.05, 4.69) is 10.1 Å². The Balaban J connectivity index is 1.99. The van der Waals surface area contributed by atoms with Gasteiger partial charge >= 0.3 is 12.1 Å². The Kier molecular flexibility index (Phi) is 6.63. The van der Waals surface area contributed by atoms with Gasteiger partial charge in [0, 0.05) is 24.9 Å². The Morgan fingerprint density at radius 2 is 1.75 bits per heavy atom. The number of nitrogens with one attached hydrogen (secondary N) is 1. The van der Waals surface area contributed by atoms with E-state index in [1.807, 2.05) is 0 Å². The highest BCUT2D eigenvalue weighted by Crippen LogP contribution is 2.21. The number of esters is 1. The maximum Gasteiger partial charge on any atom is 0.413 e. The van der Waals surface area contributed by atoms with Crippen LogP contribution in [0.25, 0.3) is 0 Å². The second-order valence-corrected chi connectivity index (χ2v) is 5.47. The third-order valence-corrected chi connectivity index (χ3v) is 3.63. The van der Waals surface area contributed by atoms with Crippen LogP contribution in [0.1, 0.15) is 10.4 Å². The monoisotopic (exact) mass is 387 g/mol. The third-order valence-electron chi connectivity index (χ3n) is 3.63. The van der Waals surface area contributed by atoms with Gasteiger partial charge in [-0.25, -0.2) is 9.59 Å². The quantitative estimate of drug-likeness (QED) is 0.458. The molecule has 2 aromatic rings. The summed E-state index contributed by atoms with van der Waals surface area (Å²) in [6.45, 7) is -0.577. The van der Waals surface area contributed by atoms with Crippen molar-refractivity contribution in [3.05, 3.63) is 64.2 Å². The fraction of sp³-hybridized carbons (Fsp3) is 0.167. The van der Waals surface area contributed by atoms with Crippen molar-refractivity contribution in [2.75, 3.05) is 31.0 Å². The molecule has 0 aliphatic rings. The van der Waals surface area contributed by atoms with Gasteiger partial charge < -0.3 is 14.8 Å². The minimum Gasteiger partial charge on any atom is -0.452 e. The Hall–Kier alpha value is -3.95. The number of non-ortho nitro benzene ring substituents is 1. The van der Waals surface area contributed by atoms with Crippen LogP contribution in [0.5, 0.6) is 0 Å². The van der Waals surface area contributed by atoms with Crippen molar-refractivity contribution in [1.29, 1.82) is 0 Å². The van der Waals surface area contributed by atoms with Crippen LogP contribution in [0.3, 0.4) is 0 Å². The molecule has 2 aromatic carbocycles. The van der Waals surface area contributed by atoms with Gasteiger partial charge in [0.05, 0.1) is 23.3 Å². The lowest BCUT2D eigenvalue weighted by Crippen LogP contribution is -2.28. The molecule has 0 atom stereocenters. The lowest BCUT2D eigenvalue weighted by atomic mass is 10.1. The van der Waals surface area contributed by atoms with Crippen molar-refractivity contribution >= 4 is 35.0 Å². The third kappa shape index (κ3) is 5.04. The molecule has 0 fully saturated rings. The van der Waals surface area contributed by atoms with Crippen LogP contribution in [0, 0.1) is 10.1 Å². The highest BCUT2D eigenvalue weighted by Gasteiger charge is 2.20. The second kappa shape index (κ2) is 9.12. The Morgan fingerprint density at radius 1 is 1.11 bits per heavy atom. The summed E-state index contributed by atoms with van der Waals surface area (Å²) in [6.07, 6.45) is -0.670. The zero-order valence-corrected chi connectivity index (χ0v) is 15.1. The van der Waals surface area contributed by atoms with E-state index in [9.17, 15) is 24.5 Å². The number of anilines is 2. The van der Waals surface area contributed by atoms with Gasteiger partial charge in [-0.15, -0.1) is 0 Å². The normalized spacial score (nSPS) is 9.93. The van der Waals surface area contributed by atoms with Crippen LogP contribution in [-0.4, -0.2) is 43.7 Å². The zero-order chi connectivity index (χ0) is 20.7. The zero-order valence-electron chi connectivity index (χ0n) is 15.1. The number of hydrogen-bond donors (Lipinski definition) is 1. The Morgan fingerprint density at radius 3 is 2.36 bits per heavy atom. The van der Waals surface area contributed by atoms with Crippen LogP contribution in [0.15, 0.2) is 48.5 Å². The lowest BCUT2D eigenvalue weighted by Gasteiger charge is -2.18. The molecule has 0 unspecified atom stereocenters. The summed E-state index contributed by atoms with van der Waals surface area (Å²) >= 11 is 0. The predicted molar refractivity (Wildman–Crippen MR) is 99.3 cm³/mol. The number of nitro benzene ring substituents is 1. The highest BCUT2D eigenvalue weighted by molar-refractivity contribution is 6.01. The smallest absolute Gasteiger partial charge is 0.413 e. The second-order valence-electron chi connectivity index (χ2n) is 5.47. The van der Waals surface area contributed by atoms with Crippen molar-refractivity contribution in [2.24, 2.45) is 0 Å². The fourth-order valence-electron chi connectivity index (χ4n) is 2.25. The maximum absolute atomic E-state index is 12.3.